The highest BCUT2D eigenvalue weighted by Crippen LogP contribution is 2.03. The molecule has 1 saturated heterocycles. The number of halogens is 2. The highest BCUT2D eigenvalue weighted by Gasteiger charge is 2.23. The van der Waals surface area contributed by atoms with E-state index in [9.17, 15) is 0 Å². The van der Waals surface area contributed by atoms with E-state index in [1.165, 1.54) is 0 Å². The van der Waals surface area contributed by atoms with Gasteiger partial charge in [-0.2, -0.15) is 0 Å². The molecular formula is C9H22Cl2N2O2. The molecule has 1 heterocycles. The number of methoxy groups -OCH3 is 2. The zero-order valence-corrected chi connectivity index (χ0v) is 11.0. The zero-order valence-electron chi connectivity index (χ0n) is 9.40. The van der Waals surface area contributed by atoms with E-state index in [-0.39, 0.29) is 24.8 Å². The van der Waals surface area contributed by atoms with Crippen molar-refractivity contribution in [3.8, 4) is 0 Å². The summed E-state index contributed by atoms with van der Waals surface area (Å²) in [5.41, 5.74) is 0. The van der Waals surface area contributed by atoms with Gasteiger partial charge in [-0.15, -0.1) is 24.8 Å². The molecule has 0 amide bonds. The van der Waals surface area contributed by atoms with Crippen LogP contribution < -0.4 is 5.32 Å². The molecule has 1 aliphatic rings. The van der Waals surface area contributed by atoms with E-state index < -0.39 is 0 Å². The van der Waals surface area contributed by atoms with Crippen LogP contribution in [0, 0.1) is 0 Å². The van der Waals surface area contributed by atoms with Crippen molar-refractivity contribution in [3.05, 3.63) is 0 Å². The van der Waals surface area contributed by atoms with Crippen molar-refractivity contribution in [3.63, 3.8) is 0 Å². The van der Waals surface area contributed by atoms with Crippen LogP contribution >= 0.6 is 24.8 Å². The topological polar surface area (TPSA) is 33.7 Å². The molecule has 0 saturated carbocycles. The Kier molecular flexibility index (Phi) is 13.0. The van der Waals surface area contributed by atoms with Crippen molar-refractivity contribution in [2.24, 2.45) is 0 Å². The van der Waals surface area contributed by atoms with Crippen molar-refractivity contribution in [1.82, 2.24) is 10.2 Å². The number of ether oxygens (including phenoxy) is 2. The highest BCUT2D eigenvalue weighted by atomic mass is 35.5. The summed E-state index contributed by atoms with van der Waals surface area (Å²) in [6, 6.07) is 0.685. The second-order valence-electron chi connectivity index (χ2n) is 3.33. The fourth-order valence-electron chi connectivity index (χ4n) is 1.43. The molecule has 1 fully saturated rings. The number of rotatable bonds is 7. The molecule has 4 nitrogen and oxygen atoms in total. The molecule has 94 valence electrons. The van der Waals surface area contributed by atoms with Crippen LogP contribution in [0.4, 0.5) is 0 Å². The minimum Gasteiger partial charge on any atom is -0.383 e. The van der Waals surface area contributed by atoms with E-state index in [1.54, 1.807) is 14.2 Å². The molecule has 0 aromatic rings. The molecule has 0 unspecified atom stereocenters. The van der Waals surface area contributed by atoms with Gasteiger partial charge in [0.15, 0.2) is 0 Å². The Morgan fingerprint density at radius 3 is 1.80 bits per heavy atom. The molecule has 0 spiro atoms. The third-order valence-electron chi connectivity index (χ3n) is 2.44. The van der Waals surface area contributed by atoms with Crippen molar-refractivity contribution < 1.29 is 9.47 Å². The van der Waals surface area contributed by atoms with Crippen LogP contribution in [0.15, 0.2) is 0 Å². The molecular weight excluding hydrogens is 239 g/mol. The molecule has 1 aliphatic heterocycles. The predicted octanol–water partition coefficient (Wildman–Crippen LogP) is 0.397. The van der Waals surface area contributed by atoms with Crippen molar-refractivity contribution in [2.45, 2.75) is 6.04 Å². The quantitative estimate of drug-likeness (QED) is 0.719. The molecule has 0 radical (unpaired) electrons. The third-order valence-corrected chi connectivity index (χ3v) is 2.44. The maximum atomic E-state index is 5.07. The first-order valence-corrected chi connectivity index (χ1v) is 4.81. The standard InChI is InChI=1S/C9H20N2O2.2ClH/c1-12-5-3-11(4-6-13-2)9-7-10-8-9;;/h9-10H,3-8H2,1-2H3;2*1H. The molecule has 0 aromatic carbocycles. The highest BCUT2D eigenvalue weighted by molar-refractivity contribution is 5.85. The Hall–Kier alpha value is 0.420. The van der Waals surface area contributed by atoms with Gasteiger partial charge in [0, 0.05) is 46.4 Å². The maximum Gasteiger partial charge on any atom is 0.0589 e. The summed E-state index contributed by atoms with van der Waals surface area (Å²) in [5, 5.41) is 3.27. The molecule has 0 aromatic heterocycles. The average Bonchev–Trinajstić information content (AvgIpc) is 2.06. The summed E-state index contributed by atoms with van der Waals surface area (Å²) >= 11 is 0. The molecule has 15 heavy (non-hydrogen) atoms. The zero-order chi connectivity index (χ0) is 9.52. The second-order valence-corrected chi connectivity index (χ2v) is 3.33. The van der Waals surface area contributed by atoms with E-state index in [4.69, 9.17) is 9.47 Å². The van der Waals surface area contributed by atoms with Crippen molar-refractivity contribution >= 4 is 24.8 Å². The van der Waals surface area contributed by atoms with Crippen molar-refractivity contribution in [1.29, 1.82) is 0 Å². The summed E-state index contributed by atoms with van der Waals surface area (Å²) in [5.74, 6) is 0. The van der Waals surface area contributed by atoms with E-state index in [0.29, 0.717) is 6.04 Å². The second kappa shape index (κ2) is 10.9. The van der Waals surface area contributed by atoms with Gasteiger partial charge >= 0.3 is 0 Å². The third kappa shape index (κ3) is 6.56. The normalized spacial score (nSPS) is 15.4. The maximum absolute atomic E-state index is 5.07. The van der Waals surface area contributed by atoms with Gasteiger partial charge in [0.25, 0.3) is 0 Å². The Morgan fingerprint density at radius 1 is 1.07 bits per heavy atom. The van der Waals surface area contributed by atoms with Gasteiger partial charge in [0.1, 0.15) is 0 Å². The van der Waals surface area contributed by atoms with Crippen LogP contribution in [0.5, 0.6) is 0 Å². The summed E-state index contributed by atoms with van der Waals surface area (Å²) in [6.45, 7) is 5.83. The molecule has 0 atom stereocenters. The first-order valence-electron chi connectivity index (χ1n) is 4.81. The van der Waals surface area contributed by atoms with Crippen LogP contribution in [0.2, 0.25) is 0 Å². The lowest BCUT2D eigenvalue weighted by molar-refractivity contribution is 0.0689. The fourth-order valence-corrected chi connectivity index (χ4v) is 1.43. The number of nitrogens with zero attached hydrogens (tertiary/aromatic N) is 1. The van der Waals surface area contributed by atoms with Gasteiger partial charge in [-0.05, 0) is 0 Å². The Morgan fingerprint density at radius 2 is 1.53 bits per heavy atom. The lowest BCUT2D eigenvalue weighted by atomic mass is 10.1. The van der Waals surface area contributed by atoms with Gasteiger partial charge in [-0.3, -0.25) is 4.90 Å². The number of hydrogen-bond donors (Lipinski definition) is 1. The van der Waals surface area contributed by atoms with Gasteiger partial charge < -0.3 is 14.8 Å². The SMILES string of the molecule is COCCN(CCOC)C1CNC1.Cl.Cl. The van der Waals surface area contributed by atoms with Gasteiger partial charge in [-0.25, -0.2) is 0 Å². The van der Waals surface area contributed by atoms with E-state index in [0.717, 1.165) is 39.4 Å². The van der Waals surface area contributed by atoms with E-state index >= 15 is 0 Å². The monoisotopic (exact) mass is 260 g/mol. The Labute approximate surface area is 104 Å². The first-order chi connectivity index (χ1) is 6.38. The van der Waals surface area contributed by atoms with Crippen LogP contribution in [0.25, 0.3) is 0 Å². The van der Waals surface area contributed by atoms with Gasteiger partial charge in [-0.1, -0.05) is 0 Å². The Bertz CT molecular complexity index is 129. The first kappa shape index (κ1) is 17.8. The minimum atomic E-state index is 0. The van der Waals surface area contributed by atoms with Crippen molar-refractivity contribution in [2.75, 3.05) is 53.6 Å². The van der Waals surface area contributed by atoms with Gasteiger partial charge in [0.2, 0.25) is 0 Å². The van der Waals surface area contributed by atoms with Crippen LogP contribution in [-0.4, -0.2) is 64.6 Å². The smallest absolute Gasteiger partial charge is 0.0589 e. The summed E-state index contributed by atoms with van der Waals surface area (Å²) in [6.07, 6.45) is 0. The molecule has 1 rings (SSSR count). The number of hydrogen-bond acceptors (Lipinski definition) is 4. The molecule has 1 N–H and O–H groups in total. The molecule has 0 aliphatic carbocycles. The van der Waals surface area contributed by atoms with E-state index in [2.05, 4.69) is 10.2 Å². The lowest BCUT2D eigenvalue weighted by Crippen LogP contribution is -2.58. The van der Waals surface area contributed by atoms with Gasteiger partial charge in [0.05, 0.1) is 13.2 Å². The van der Waals surface area contributed by atoms with Crippen LogP contribution in [0.1, 0.15) is 0 Å². The average molecular weight is 261 g/mol. The molecule has 6 heteroatoms. The summed E-state index contributed by atoms with van der Waals surface area (Å²) in [4.78, 5) is 2.42. The van der Waals surface area contributed by atoms with E-state index in [1.807, 2.05) is 0 Å². The fraction of sp³-hybridized carbons (Fsp3) is 1.00. The minimum absolute atomic E-state index is 0. The predicted molar refractivity (Wildman–Crippen MR) is 66.5 cm³/mol. The number of nitrogens with one attached hydrogen (secondary N) is 1. The van der Waals surface area contributed by atoms with Crippen LogP contribution in [0.3, 0.4) is 0 Å². The summed E-state index contributed by atoms with van der Waals surface area (Å²) in [7, 11) is 3.49. The Balaban J connectivity index is 0. The largest absolute Gasteiger partial charge is 0.383 e. The molecule has 0 bridgehead atoms. The summed E-state index contributed by atoms with van der Waals surface area (Å²) < 4.78 is 10.1. The lowest BCUT2D eigenvalue weighted by Gasteiger charge is -2.38. The van der Waals surface area contributed by atoms with Crippen LogP contribution in [-0.2, 0) is 9.47 Å².